The molecule has 1 fully saturated rings. The first-order chi connectivity index (χ1) is 6.86. The molecule has 0 aliphatic heterocycles. The van der Waals surface area contributed by atoms with E-state index in [1.54, 1.807) is 0 Å². The van der Waals surface area contributed by atoms with Gasteiger partial charge in [-0.2, -0.15) is 12.6 Å². The second-order valence-corrected chi connectivity index (χ2v) is 4.50. The van der Waals surface area contributed by atoms with E-state index in [0.717, 1.165) is 6.61 Å². The molecule has 1 aliphatic rings. The predicted octanol–water partition coefficient (Wildman–Crippen LogP) is 3.05. The molecule has 0 radical (unpaired) electrons. The van der Waals surface area contributed by atoms with Crippen LogP contribution in [0, 0.1) is 0 Å². The summed E-state index contributed by atoms with van der Waals surface area (Å²) in [6, 6.07) is 10.3. The van der Waals surface area contributed by atoms with Gasteiger partial charge < -0.3 is 4.74 Å². The number of ether oxygens (including phenoxy) is 1. The van der Waals surface area contributed by atoms with Crippen molar-refractivity contribution in [3.8, 4) is 0 Å². The Morgan fingerprint density at radius 2 is 2.00 bits per heavy atom. The Bertz CT molecular complexity index is 273. The summed E-state index contributed by atoms with van der Waals surface area (Å²) in [6.07, 6.45) is 3.98. The number of hydrogen-bond acceptors (Lipinski definition) is 2. The largest absolute Gasteiger partial charge is 0.372 e. The van der Waals surface area contributed by atoms with Crippen LogP contribution in [0.5, 0.6) is 0 Å². The highest BCUT2D eigenvalue weighted by Crippen LogP contribution is 2.26. The average molecular weight is 208 g/mol. The molecule has 2 heteroatoms. The zero-order chi connectivity index (χ0) is 9.80. The van der Waals surface area contributed by atoms with Crippen LogP contribution in [0.3, 0.4) is 0 Å². The van der Waals surface area contributed by atoms with Crippen molar-refractivity contribution in [2.75, 3.05) is 0 Å². The summed E-state index contributed by atoms with van der Waals surface area (Å²) in [4.78, 5) is 0. The topological polar surface area (TPSA) is 9.23 Å². The van der Waals surface area contributed by atoms with E-state index in [-0.39, 0.29) is 0 Å². The lowest BCUT2D eigenvalue weighted by atomic mass is 10.2. The molecule has 0 spiro atoms. The van der Waals surface area contributed by atoms with Crippen LogP contribution in [-0.4, -0.2) is 11.4 Å². The van der Waals surface area contributed by atoms with Crippen LogP contribution in [0.2, 0.25) is 0 Å². The highest BCUT2D eigenvalue weighted by Gasteiger charge is 2.24. The van der Waals surface area contributed by atoms with Crippen LogP contribution >= 0.6 is 12.6 Å². The van der Waals surface area contributed by atoms with Gasteiger partial charge in [0.15, 0.2) is 0 Å². The summed E-state index contributed by atoms with van der Waals surface area (Å²) in [7, 11) is 0. The third kappa shape index (κ3) is 2.52. The SMILES string of the molecule is S[C@H]1CCC[C@@H]1OCc1ccccc1. The van der Waals surface area contributed by atoms with Crippen LogP contribution in [0.4, 0.5) is 0 Å². The van der Waals surface area contributed by atoms with Crippen molar-refractivity contribution in [3.63, 3.8) is 0 Å². The lowest BCUT2D eigenvalue weighted by Gasteiger charge is -2.15. The van der Waals surface area contributed by atoms with Gasteiger partial charge in [0.2, 0.25) is 0 Å². The first-order valence-corrected chi connectivity index (χ1v) is 5.71. The zero-order valence-corrected chi connectivity index (χ0v) is 9.12. The van der Waals surface area contributed by atoms with Crippen molar-refractivity contribution in [1.29, 1.82) is 0 Å². The van der Waals surface area contributed by atoms with Crippen LogP contribution in [0.25, 0.3) is 0 Å². The molecule has 1 saturated carbocycles. The smallest absolute Gasteiger partial charge is 0.0721 e. The van der Waals surface area contributed by atoms with Crippen molar-refractivity contribution in [2.45, 2.75) is 37.2 Å². The van der Waals surface area contributed by atoms with Crippen molar-refractivity contribution in [2.24, 2.45) is 0 Å². The van der Waals surface area contributed by atoms with Gasteiger partial charge in [0.1, 0.15) is 0 Å². The van der Waals surface area contributed by atoms with E-state index in [0.29, 0.717) is 11.4 Å². The van der Waals surface area contributed by atoms with E-state index in [4.69, 9.17) is 4.74 Å². The molecule has 0 amide bonds. The molecule has 0 aromatic heterocycles. The third-order valence-electron chi connectivity index (χ3n) is 2.72. The van der Waals surface area contributed by atoms with Crippen molar-refractivity contribution in [1.82, 2.24) is 0 Å². The Hall–Kier alpha value is -0.470. The standard InChI is InChI=1S/C12H16OS/c14-12-8-4-7-11(12)13-9-10-5-2-1-3-6-10/h1-3,5-6,11-12,14H,4,7-9H2/t11-,12-/m0/s1. The molecule has 14 heavy (non-hydrogen) atoms. The van der Waals surface area contributed by atoms with E-state index in [1.165, 1.54) is 24.8 Å². The Kier molecular flexibility index (Phi) is 3.49. The first kappa shape index (κ1) is 10.1. The van der Waals surface area contributed by atoms with Gasteiger partial charge in [-0.3, -0.25) is 0 Å². The fraction of sp³-hybridized carbons (Fsp3) is 0.500. The van der Waals surface area contributed by atoms with E-state index in [9.17, 15) is 0 Å². The average Bonchev–Trinajstić information content (AvgIpc) is 2.63. The summed E-state index contributed by atoms with van der Waals surface area (Å²) >= 11 is 4.51. The predicted molar refractivity (Wildman–Crippen MR) is 61.6 cm³/mol. The van der Waals surface area contributed by atoms with Gasteiger partial charge in [0, 0.05) is 5.25 Å². The highest BCUT2D eigenvalue weighted by molar-refractivity contribution is 7.81. The molecule has 2 rings (SSSR count). The minimum Gasteiger partial charge on any atom is -0.372 e. The highest BCUT2D eigenvalue weighted by atomic mass is 32.1. The Morgan fingerprint density at radius 1 is 1.21 bits per heavy atom. The molecule has 0 heterocycles. The fourth-order valence-corrected chi connectivity index (χ4v) is 2.30. The molecule has 0 N–H and O–H groups in total. The van der Waals surface area contributed by atoms with Gasteiger partial charge in [-0.25, -0.2) is 0 Å². The van der Waals surface area contributed by atoms with Gasteiger partial charge in [0.05, 0.1) is 12.7 Å². The molecule has 1 aliphatic carbocycles. The second-order valence-electron chi connectivity index (χ2n) is 3.83. The number of thiol groups is 1. The Labute approximate surface area is 90.9 Å². The summed E-state index contributed by atoms with van der Waals surface area (Å²) in [6.45, 7) is 0.725. The minimum atomic E-state index is 0.360. The van der Waals surface area contributed by atoms with Crippen LogP contribution in [-0.2, 0) is 11.3 Å². The normalized spacial score (nSPS) is 26.6. The lowest BCUT2D eigenvalue weighted by Crippen LogP contribution is -2.17. The molecule has 1 aromatic carbocycles. The van der Waals surface area contributed by atoms with E-state index >= 15 is 0 Å². The van der Waals surface area contributed by atoms with E-state index < -0.39 is 0 Å². The number of hydrogen-bond donors (Lipinski definition) is 1. The minimum absolute atomic E-state index is 0.360. The molecule has 76 valence electrons. The Balaban J connectivity index is 1.82. The molecule has 2 atom stereocenters. The molecule has 0 bridgehead atoms. The molecule has 1 nitrogen and oxygen atoms in total. The first-order valence-electron chi connectivity index (χ1n) is 5.20. The molecular weight excluding hydrogens is 192 g/mol. The van der Waals surface area contributed by atoms with Crippen molar-refractivity contribution < 1.29 is 4.74 Å². The summed E-state index contributed by atoms with van der Waals surface area (Å²) in [5, 5.41) is 0.443. The summed E-state index contributed by atoms with van der Waals surface area (Å²) in [5.41, 5.74) is 1.25. The molecular formula is C12H16OS. The Morgan fingerprint density at radius 3 is 2.64 bits per heavy atom. The van der Waals surface area contributed by atoms with Gasteiger partial charge in [-0.1, -0.05) is 30.3 Å². The third-order valence-corrected chi connectivity index (χ3v) is 3.32. The maximum absolute atomic E-state index is 5.82. The molecule has 0 unspecified atom stereocenters. The monoisotopic (exact) mass is 208 g/mol. The van der Waals surface area contributed by atoms with Crippen LogP contribution < -0.4 is 0 Å². The maximum Gasteiger partial charge on any atom is 0.0721 e. The van der Waals surface area contributed by atoms with Gasteiger partial charge >= 0.3 is 0 Å². The number of benzene rings is 1. The van der Waals surface area contributed by atoms with Crippen molar-refractivity contribution >= 4 is 12.6 Å². The van der Waals surface area contributed by atoms with E-state index in [2.05, 4.69) is 24.8 Å². The lowest BCUT2D eigenvalue weighted by molar-refractivity contribution is 0.0493. The van der Waals surface area contributed by atoms with Gasteiger partial charge in [0.25, 0.3) is 0 Å². The second kappa shape index (κ2) is 4.85. The summed E-state index contributed by atoms with van der Waals surface area (Å²) < 4.78 is 5.82. The molecule has 0 saturated heterocycles. The fourth-order valence-electron chi connectivity index (χ4n) is 1.88. The van der Waals surface area contributed by atoms with E-state index in [1.807, 2.05) is 18.2 Å². The van der Waals surface area contributed by atoms with Crippen molar-refractivity contribution in [3.05, 3.63) is 35.9 Å². The maximum atomic E-state index is 5.82. The number of rotatable bonds is 3. The zero-order valence-electron chi connectivity index (χ0n) is 8.23. The quantitative estimate of drug-likeness (QED) is 0.751. The van der Waals surface area contributed by atoms with Crippen LogP contribution in [0.1, 0.15) is 24.8 Å². The molecule has 1 aromatic rings. The van der Waals surface area contributed by atoms with Gasteiger partial charge in [-0.15, -0.1) is 0 Å². The van der Waals surface area contributed by atoms with Crippen LogP contribution in [0.15, 0.2) is 30.3 Å². The summed E-state index contributed by atoms with van der Waals surface area (Å²) in [5.74, 6) is 0. The van der Waals surface area contributed by atoms with Gasteiger partial charge in [-0.05, 0) is 24.8 Å².